The lowest BCUT2D eigenvalue weighted by molar-refractivity contribution is 0.0938. The van der Waals surface area contributed by atoms with Crippen molar-refractivity contribution >= 4 is 5.91 Å². The number of amides is 1. The van der Waals surface area contributed by atoms with Crippen LogP contribution in [0.2, 0.25) is 0 Å². The van der Waals surface area contributed by atoms with E-state index in [0.717, 1.165) is 13.0 Å². The third-order valence-corrected chi connectivity index (χ3v) is 3.03. The van der Waals surface area contributed by atoms with E-state index in [1.807, 2.05) is 7.05 Å². The van der Waals surface area contributed by atoms with E-state index in [1.165, 1.54) is 6.42 Å². The van der Waals surface area contributed by atoms with E-state index in [0.29, 0.717) is 12.2 Å². The molecule has 0 bridgehead atoms. The molecule has 1 aromatic rings. The fourth-order valence-corrected chi connectivity index (χ4v) is 2.00. The van der Waals surface area contributed by atoms with Crippen LogP contribution < -0.4 is 10.6 Å². The Kier molecular flexibility index (Phi) is 2.96. The Morgan fingerprint density at radius 3 is 3.12 bits per heavy atom. The summed E-state index contributed by atoms with van der Waals surface area (Å²) in [6.45, 7) is 3.83. The van der Waals surface area contributed by atoms with Gasteiger partial charge in [-0.15, -0.1) is 0 Å². The molecular formula is C11H18N4O. The van der Waals surface area contributed by atoms with Gasteiger partial charge in [-0.2, -0.15) is 0 Å². The van der Waals surface area contributed by atoms with Gasteiger partial charge in [0.1, 0.15) is 5.69 Å². The lowest BCUT2D eigenvalue weighted by Crippen LogP contribution is -2.47. The van der Waals surface area contributed by atoms with Gasteiger partial charge in [0.25, 0.3) is 5.91 Å². The Labute approximate surface area is 95.2 Å². The first-order valence-corrected chi connectivity index (χ1v) is 5.60. The largest absolute Gasteiger partial charge is 0.349 e. The van der Waals surface area contributed by atoms with Crippen molar-refractivity contribution in [3.05, 3.63) is 18.2 Å². The van der Waals surface area contributed by atoms with Crippen LogP contribution in [0.3, 0.4) is 0 Å². The van der Waals surface area contributed by atoms with Gasteiger partial charge in [-0.25, -0.2) is 4.98 Å². The number of imidazole rings is 1. The SMILES string of the molecule is Cn1cnc(C(=O)NCC2(C)CCCN2)c1. The van der Waals surface area contributed by atoms with Crippen molar-refractivity contribution in [3.8, 4) is 0 Å². The molecule has 1 amide bonds. The lowest BCUT2D eigenvalue weighted by Gasteiger charge is -2.24. The average Bonchev–Trinajstić information content (AvgIpc) is 2.85. The summed E-state index contributed by atoms with van der Waals surface area (Å²) in [4.78, 5) is 15.8. The quantitative estimate of drug-likeness (QED) is 0.773. The Hall–Kier alpha value is -1.36. The molecule has 5 heteroatoms. The second-order valence-corrected chi connectivity index (χ2v) is 4.70. The van der Waals surface area contributed by atoms with E-state index >= 15 is 0 Å². The fraction of sp³-hybridized carbons (Fsp3) is 0.636. The monoisotopic (exact) mass is 222 g/mol. The predicted octanol–water partition coefficient (Wildman–Crippen LogP) is 0.292. The fourth-order valence-electron chi connectivity index (χ4n) is 2.00. The average molecular weight is 222 g/mol. The summed E-state index contributed by atoms with van der Waals surface area (Å²) < 4.78 is 1.77. The molecule has 1 aromatic heterocycles. The normalized spacial score (nSPS) is 24.6. The Balaban J connectivity index is 1.88. The maximum atomic E-state index is 11.7. The van der Waals surface area contributed by atoms with Crippen LogP contribution in [0.4, 0.5) is 0 Å². The standard InChI is InChI=1S/C11H18N4O/c1-11(4-3-5-14-11)7-12-10(16)9-6-15(2)8-13-9/h6,8,14H,3-5,7H2,1-2H3,(H,12,16). The highest BCUT2D eigenvalue weighted by Gasteiger charge is 2.28. The molecule has 1 unspecified atom stereocenters. The molecule has 2 rings (SSSR count). The molecule has 0 aliphatic carbocycles. The van der Waals surface area contributed by atoms with Gasteiger partial charge < -0.3 is 15.2 Å². The molecule has 1 fully saturated rings. The van der Waals surface area contributed by atoms with Crippen molar-refractivity contribution < 1.29 is 4.79 Å². The van der Waals surface area contributed by atoms with E-state index in [4.69, 9.17) is 0 Å². The van der Waals surface area contributed by atoms with Gasteiger partial charge in [0, 0.05) is 25.3 Å². The second kappa shape index (κ2) is 4.25. The van der Waals surface area contributed by atoms with Crippen LogP contribution in [0.1, 0.15) is 30.3 Å². The number of nitrogens with zero attached hydrogens (tertiary/aromatic N) is 2. The van der Waals surface area contributed by atoms with Crippen LogP contribution >= 0.6 is 0 Å². The summed E-state index contributed by atoms with van der Waals surface area (Å²) in [5.74, 6) is -0.101. The molecule has 1 atom stereocenters. The number of hydrogen-bond donors (Lipinski definition) is 2. The highest BCUT2D eigenvalue weighted by molar-refractivity contribution is 5.92. The molecule has 0 saturated carbocycles. The third kappa shape index (κ3) is 2.41. The lowest BCUT2D eigenvalue weighted by atomic mass is 10.0. The highest BCUT2D eigenvalue weighted by atomic mass is 16.1. The second-order valence-electron chi connectivity index (χ2n) is 4.70. The van der Waals surface area contributed by atoms with Gasteiger partial charge in [0.2, 0.25) is 0 Å². The summed E-state index contributed by atoms with van der Waals surface area (Å²) in [6.07, 6.45) is 5.63. The van der Waals surface area contributed by atoms with Gasteiger partial charge in [-0.05, 0) is 26.3 Å². The molecule has 1 aliphatic rings. The van der Waals surface area contributed by atoms with Gasteiger partial charge in [0.05, 0.1) is 6.33 Å². The van der Waals surface area contributed by atoms with Crippen molar-refractivity contribution in [1.29, 1.82) is 0 Å². The smallest absolute Gasteiger partial charge is 0.271 e. The molecule has 0 aromatic carbocycles. The molecule has 5 nitrogen and oxygen atoms in total. The first-order chi connectivity index (χ1) is 7.59. The minimum Gasteiger partial charge on any atom is -0.349 e. The van der Waals surface area contributed by atoms with Crippen molar-refractivity contribution in [2.24, 2.45) is 7.05 Å². The van der Waals surface area contributed by atoms with Crippen LogP contribution in [0, 0.1) is 0 Å². The maximum absolute atomic E-state index is 11.7. The number of rotatable bonds is 3. The molecule has 88 valence electrons. The first kappa shape index (κ1) is 11.1. The van der Waals surface area contributed by atoms with Crippen LogP contribution in [-0.4, -0.2) is 34.1 Å². The van der Waals surface area contributed by atoms with E-state index in [9.17, 15) is 4.79 Å². The zero-order chi connectivity index (χ0) is 11.6. The number of nitrogens with one attached hydrogen (secondary N) is 2. The summed E-state index contributed by atoms with van der Waals surface area (Å²) in [5, 5.41) is 6.32. The Morgan fingerprint density at radius 2 is 2.56 bits per heavy atom. The molecule has 0 radical (unpaired) electrons. The number of carbonyl (C=O) groups is 1. The predicted molar refractivity (Wildman–Crippen MR) is 61.2 cm³/mol. The van der Waals surface area contributed by atoms with Crippen LogP contribution in [0.5, 0.6) is 0 Å². The van der Waals surface area contributed by atoms with Gasteiger partial charge in [-0.3, -0.25) is 4.79 Å². The Bertz CT molecular complexity index is 379. The molecule has 1 saturated heterocycles. The highest BCUT2D eigenvalue weighted by Crippen LogP contribution is 2.17. The van der Waals surface area contributed by atoms with Gasteiger partial charge in [0.15, 0.2) is 0 Å². The zero-order valence-electron chi connectivity index (χ0n) is 9.79. The van der Waals surface area contributed by atoms with E-state index in [2.05, 4.69) is 22.5 Å². The van der Waals surface area contributed by atoms with E-state index in [-0.39, 0.29) is 11.4 Å². The van der Waals surface area contributed by atoms with Crippen molar-refractivity contribution in [2.45, 2.75) is 25.3 Å². The molecule has 16 heavy (non-hydrogen) atoms. The van der Waals surface area contributed by atoms with Gasteiger partial charge in [-0.1, -0.05) is 0 Å². The molecule has 2 N–H and O–H groups in total. The summed E-state index contributed by atoms with van der Waals surface area (Å²) in [6, 6.07) is 0. The minimum atomic E-state index is -0.101. The summed E-state index contributed by atoms with van der Waals surface area (Å²) >= 11 is 0. The van der Waals surface area contributed by atoms with Crippen molar-refractivity contribution in [1.82, 2.24) is 20.2 Å². The summed E-state index contributed by atoms with van der Waals surface area (Å²) in [7, 11) is 1.85. The first-order valence-electron chi connectivity index (χ1n) is 5.60. The topological polar surface area (TPSA) is 59.0 Å². The number of aryl methyl sites for hydroxylation is 1. The van der Waals surface area contributed by atoms with Crippen LogP contribution in [0.15, 0.2) is 12.5 Å². The maximum Gasteiger partial charge on any atom is 0.271 e. The van der Waals surface area contributed by atoms with E-state index < -0.39 is 0 Å². The van der Waals surface area contributed by atoms with Crippen molar-refractivity contribution in [2.75, 3.05) is 13.1 Å². The zero-order valence-corrected chi connectivity index (χ0v) is 9.79. The van der Waals surface area contributed by atoms with Crippen LogP contribution in [0.25, 0.3) is 0 Å². The molecule has 1 aliphatic heterocycles. The van der Waals surface area contributed by atoms with E-state index in [1.54, 1.807) is 17.1 Å². The number of aromatic nitrogens is 2. The molecule has 2 heterocycles. The molecule has 0 spiro atoms. The summed E-state index contributed by atoms with van der Waals surface area (Å²) in [5.41, 5.74) is 0.522. The van der Waals surface area contributed by atoms with Crippen LogP contribution in [-0.2, 0) is 7.05 Å². The van der Waals surface area contributed by atoms with Gasteiger partial charge >= 0.3 is 0 Å². The van der Waals surface area contributed by atoms with Crippen molar-refractivity contribution in [3.63, 3.8) is 0 Å². The minimum absolute atomic E-state index is 0.0461. The number of hydrogen-bond acceptors (Lipinski definition) is 3. The Morgan fingerprint density at radius 1 is 1.75 bits per heavy atom. The number of carbonyl (C=O) groups excluding carboxylic acids is 1. The molecular weight excluding hydrogens is 204 g/mol. The third-order valence-electron chi connectivity index (χ3n) is 3.03.